The Morgan fingerprint density at radius 1 is 0.844 bits per heavy atom. The fourth-order valence-electron chi connectivity index (χ4n) is 7.00. The number of pyridine rings is 1. The number of para-hydroxylation sites is 1. The number of thiophene rings is 1. The third-order valence-electron chi connectivity index (χ3n) is 9.46. The summed E-state index contributed by atoms with van der Waals surface area (Å²) in [6, 6.07) is 25.1. The van der Waals surface area contributed by atoms with Gasteiger partial charge in [-0.2, -0.15) is 0 Å². The number of aliphatic hydroxyl groups is 1. The van der Waals surface area contributed by atoms with E-state index in [2.05, 4.69) is 92.9 Å². The maximum absolute atomic E-state index is 12.0. The van der Waals surface area contributed by atoms with Crippen molar-refractivity contribution in [3.05, 3.63) is 89.5 Å². The van der Waals surface area contributed by atoms with Crippen LogP contribution in [0.4, 0.5) is 0 Å². The minimum absolute atomic E-state index is 0. The first kappa shape index (κ1) is 33.5. The second-order valence-electron chi connectivity index (χ2n) is 13.7. The van der Waals surface area contributed by atoms with E-state index in [1.165, 1.54) is 64.9 Å². The van der Waals surface area contributed by atoms with E-state index in [1.807, 2.05) is 0 Å². The third-order valence-corrected chi connectivity index (χ3v) is 10.4. The van der Waals surface area contributed by atoms with Crippen LogP contribution in [0.3, 0.4) is 0 Å². The van der Waals surface area contributed by atoms with Gasteiger partial charge in [0.1, 0.15) is 0 Å². The van der Waals surface area contributed by atoms with Gasteiger partial charge in [-0.1, -0.05) is 107 Å². The minimum atomic E-state index is 0. The number of carbonyl (C=O) groups excluding carboxylic acids is 1. The zero-order valence-electron chi connectivity index (χ0n) is 26.7. The molecule has 2 heterocycles. The van der Waals surface area contributed by atoms with Gasteiger partial charge in [0.2, 0.25) is 0 Å². The van der Waals surface area contributed by atoms with Crippen LogP contribution in [-0.2, 0) is 30.3 Å². The van der Waals surface area contributed by atoms with Gasteiger partial charge < -0.3 is 5.11 Å². The number of hydrogen-bond acceptors (Lipinski definition) is 4. The van der Waals surface area contributed by atoms with Gasteiger partial charge >= 0.3 is 0 Å². The molecule has 0 saturated heterocycles. The summed E-state index contributed by atoms with van der Waals surface area (Å²) in [6.45, 7) is 6.81. The first-order valence-electron chi connectivity index (χ1n) is 16.5. The Kier molecular flexibility index (Phi) is 11.0. The van der Waals surface area contributed by atoms with Crippen LogP contribution < -0.4 is 0 Å². The van der Waals surface area contributed by atoms with Gasteiger partial charge in [0, 0.05) is 53.8 Å². The molecule has 2 aliphatic carbocycles. The molecule has 2 aromatic heterocycles. The summed E-state index contributed by atoms with van der Waals surface area (Å²) in [5.41, 5.74) is 4.54. The molecule has 3 aromatic carbocycles. The summed E-state index contributed by atoms with van der Waals surface area (Å²) in [4.78, 5) is 17.1. The number of allylic oxidation sites excluding steroid dienone is 2. The summed E-state index contributed by atoms with van der Waals surface area (Å²) in [7, 11) is 0. The van der Waals surface area contributed by atoms with Crippen molar-refractivity contribution in [2.45, 2.75) is 90.4 Å². The first-order valence-corrected chi connectivity index (χ1v) is 17.3. The number of nitrogens with zero attached hydrogens (tertiary/aromatic N) is 1. The van der Waals surface area contributed by atoms with Crippen molar-refractivity contribution in [1.29, 1.82) is 0 Å². The molecule has 0 aliphatic heterocycles. The molecular weight excluding hydrogens is 751 g/mol. The molecule has 2 aliphatic rings. The smallest absolute Gasteiger partial charge is 0.162 e. The number of hydrogen-bond donors (Lipinski definition) is 1. The van der Waals surface area contributed by atoms with Crippen molar-refractivity contribution >= 4 is 48.9 Å². The Labute approximate surface area is 285 Å². The molecule has 45 heavy (non-hydrogen) atoms. The molecular formula is C40H44IrNO2S-. The topological polar surface area (TPSA) is 50.2 Å². The molecule has 0 atom stereocenters. The normalized spacial score (nSPS) is 16.7. The van der Waals surface area contributed by atoms with Crippen molar-refractivity contribution in [1.82, 2.24) is 4.98 Å². The number of aromatic nitrogens is 1. The molecule has 3 nitrogen and oxygen atoms in total. The van der Waals surface area contributed by atoms with E-state index in [0.717, 1.165) is 47.8 Å². The Morgan fingerprint density at radius 3 is 2.16 bits per heavy atom. The minimum Gasteiger partial charge on any atom is -0.512 e. The predicted molar refractivity (Wildman–Crippen MR) is 186 cm³/mol. The van der Waals surface area contributed by atoms with Gasteiger partial charge in [-0.05, 0) is 54.0 Å². The Bertz CT molecular complexity index is 1800. The van der Waals surface area contributed by atoms with Crippen LogP contribution >= 0.6 is 11.3 Å². The third kappa shape index (κ3) is 7.59. The zero-order valence-corrected chi connectivity index (χ0v) is 29.9. The van der Waals surface area contributed by atoms with Crippen molar-refractivity contribution < 1.29 is 30.0 Å². The van der Waals surface area contributed by atoms with Crippen LogP contribution in [0, 0.1) is 17.9 Å². The van der Waals surface area contributed by atoms with E-state index in [4.69, 9.17) is 4.98 Å². The van der Waals surface area contributed by atoms with Gasteiger partial charge in [-0.3, -0.25) is 9.78 Å². The molecule has 5 heteroatoms. The molecule has 0 bridgehead atoms. The Balaban J connectivity index is 0.000000193. The van der Waals surface area contributed by atoms with Gasteiger partial charge in [0.25, 0.3) is 0 Å². The standard InChI is InChI=1S/C25H20NS.C15H24O2.Ir/c1-25(2,3)21-15-17(14-16-8-4-5-9-18(16)21)23-20-12-13-27-24(20)19-10-6-7-11-22(19)26-23;16-14(12-7-3-1-4-8-12)11-15(17)13-9-5-2-6-10-13;/h4-13,15H,1-3H3;11-13,16H,1-10H2;/q-1;;/b;14-11-;. The van der Waals surface area contributed by atoms with Gasteiger partial charge in [-0.15, -0.1) is 40.5 Å². The van der Waals surface area contributed by atoms with Crippen LogP contribution in [-0.4, -0.2) is 15.9 Å². The van der Waals surface area contributed by atoms with Gasteiger partial charge in [0.05, 0.1) is 11.3 Å². The van der Waals surface area contributed by atoms with E-state index in [-0.39, 0.29) is 43.1 Å². The fraction of sp³-hybridized carbons (Fsp3) is 0.400. The van der Waals surface area contributed by atoms with Crippen LogP contribution in [0.1, 0.15) is 90.5 Å². The van der Waals surface area contributed by atoms with E-state index < -0.39 is 0 Å². The van der Waals surface area contributed by atoms with Crippen LogP contribution in [0.15, 0.2) is 77.9 Å². The first-order chi connectivity index (χ1) is 21.3. The van der Waals surface area contributed by atoms with Crippen LogP contribution in [0.2, 0.25) is 0 Å². The summed E-state index contributed by atoms with van der Waals surface area (Å²) in [5.74, 6) is 0.985. The van der Waals surface area contributed by atoms with Gasteiger partial charge in [-0.25, -0.2) is 0 Å². The molecule has 0 unspecified atom stereocenters. The maximum atomic E-state index is 12.0. The monoisotopic (exact) mass is 795 g/mol. The molecule has 1 N–H and O–H groups in total. The molecule has 237 valence electrons. The van der Waals surface area contributed by atoms with Crippen molar-refractivity contribution in [2.75, 3.05) is 0 Å². The molecule has 5 aromatic rings. The summed E-state index contributed by atoms with van der Waals surface area (Å²) in [5, 5.41) is 17.0. The average Bonchev–Trinajstić information content (AvgIpc) is 3.55. The zero-order chi connectivity index (χ0) is 30.7. The number of carbonyl (C=O) groups is 1. The second-order valence-corrected chi connectivity index (χ2v) is 14.6. The van der Waals surface area contributed by atoms with E-state index in [1.54, 1.807) is 17.4 Å². The Hall–Kier alpha value is -2.85. The quantitative estimate of drug-likeness (QED) is 0.112. The number of aliphatic hydroxyl groups excluding tert-OH is 1. The molecule has 0 spiro atoms. The maximum Gasteiger partial charge on any atom is 0.162 e. The number of rotatable bonds is 4. The van der Waals surface area contributed by atoms with Crippen LogP contribution in [0.25, 0.3) is 43.0 Å². The number of benzene rings is 3. The summed E-state index contributed by atoms with van der Waals surface area (Å²) in [6.07, 6.45) is 13.0. The average molecular weight is 795 g/mol. The van der Waals surface area contributed by atoms with Crippen molar-refractivity contribution in [3.8, 4) is 11.3 Å². The largest absolute Gasteiger partial charge is 0.512 e. The van der Waals surface area contributed by atoms with Crippen molar-refractivity contribution in [3.63, 3.8) is 0 Å². The van der Waals surface area contributed by atoms with E-state index >= 15 is 0 Å². The number of ketones is 1. The summed E-state index contributed by atoms with van der Waals surface area (Å²) >= 11 is 1.79. The molecule has 2 fully saturated rings. The molecule has 2 saturated carbocycles. The number of fused-ring (bicyclic) bond motifs is 4. The van der Waals surface area contributed by atoms with Crippen LogP contribution in [0.5, 0.6) is 0 Å². The Morgan fingerprint density at radius 2 is 1.47 bits per heavy atom. The molecule has 1 radical (unpaired) electrons. The predicted octanol–water partition coefficient (Wildman–Crippen LogP) is 11.5. The molecule has 0 amide bonds. The summed E-state index contributed by atoms with van der Waals surface area (Å²) < 4.78 is 1.30. The SMILES string of the molecule is CC(C)(C)c1cc(-c2nc3ccccc3c3sccc23)[c-]c2ccccc12.O=C(/C=C(\O)C1CCCCC1)C1CCCCC1.[Ir]. The molecule has 7 rings (SSSR count). The van der Waals surface area contributed by atoms with E-state index in [0.29, 0.717) is 5.76 Å². The van der Waals surface area contributed by atoms with Crippen molar-refractivity contribution in [2.24, 2.45) is 11.8 Å². The fourth-order valence-corrected chi connectivity index (χ4v) is 7.93. The van der Waals surface area contributed by atoms with Gasteiger partial charge in [0.15, 0.2) is 5.78 Å². The second kappa shape index (κ2) is 14.7. The van der Waals surface area contributed by atoms with E-state index in [9.17, 15) is 9.90 Å².